The standard InChI is InChI=1S/C15H17N3O4/c1-20-11-5-4-10(12(8-11)21-2)9-18-14-13(15(19)22-3)16-6-7-17-14/h4-8H,9H2,1-3H3,(H,17,18). The first-order valence-electron chi connectivity index (χ1n) is 6.53. The van der Waals surface area contributed by atoms with Crippen LogP contribution in [0, 0.1) is 0 Å². The van der Waals surface area contributed by atoms with E-state index in [2.05, 4.69) is 20.0 Å². The number of nitrogens with zero attached hydrogens (tertiary/aromatic N) is 2. The number of benzene rings is 1. The van der Waals surface area contributed by atoms with Crippen LogP contribution in [0.5, 0.6) is 11.5 Å². The molecule has 1 N–H and O–H groups in total. The van der Waals surface area contributed by atoms with E-state index in [1.54, 1.807) is 20.3 Å². The molecule has 7 heteroatoms. The number of rotatable bonds is 6. The summed E-state index contributed by atoms with van der Waals surface area (Å²) in [5, 5.41) is 3.06. The first-order valence-corrected chi connectivity index (χ1v) is 6.53. The number of carbonyl (C=O) groups excluding carboxylic acids is 1. The van der Waals surface area contributed by atoms with Crippen LogP contribution in [-0.4, -0.2) is 37.3 Å². The van der Waals surface area contributed by atoms with E-state index >= 15 is 0 Å². The lowest BCUT2D eigenvalue weighted by Crippen LogP contribution is -2.12. The zero-order chi connectivity index (χ0) is 15.9. The van der Waals surface area contributed by atoms with E-state index in [4.69, 9.17) is 9.47 Å². The molecular formula is C15H17N3O4. The summed E-state index contributed by atoms with van der Waals surface area (Å²) < 4.78 is 15.2. The third-order valence-corrected chi connectivity index (χ3v) is 3.02. The summed E-state index contributed by atoms with van der Waals surface area (Å²) in [4.78, 5) is 19.7. The molecule has 0 unspecified atom stereocenters. The second-order valence-electron chi connectivity index (χ2n) is 4.28. The van der Waals surface area contributed by atoms with Crippen LogP contribution in [-0.2, 0) is 11.3 Å². The molecule has 7 nitrogen and oxygen atoms in total. The van der Waals surface area contributed by atoms with Crippen molar-refractivity contribution in [2.24, 2.45) is 0 Å². The van der Waals surface area contributed by atoms with Gasteiger partial charge in [0, 0.05) is 30.6 Å². The molecule has 1 heterocycles. The second-order valence-corrected chi connectivity index (χ2v) is 4.28. The van der Waals surface area contributed by atoms with Crippen molar-refractivity contribution in [1.82, 2.24) is 9.97 Å². The van der Waals surface area contributed by atoms with Gasteiger partial charge in [0.05, 0.1) is 21.3 Å². The summed E-state index contributed by atoms with van der Waals surface area (Å²) in [7, 11) is 4.47. The van der Waals surface area contributed by atoms with Crippen molar-refractivity contribution >= 4 is 11.8 Å². The molecule has 22 heavy (non-hydrogen) atoms. The molecule has 116 valence electrons. The highest BCUT2D eigenvalue weighted by molar-refractivity contribution is 5.92. The Morgan fingerprint density at radius 3 is 2.59 bits per heavy atom. The van der Waals surface area contributed by atoms with Gasteiger partial charge in [0.25, 0.3) is 0 Å². The van der Waals surface area contributed by atoms with Crippen molar-refractivity contribution in [3.63, 3.8) is 0 Å². The number of hydrogen-bond donors (Lipinski definition) is 1. The predicted molar refractivity (Wildman–Crippen MR) is 80.2 cm³/mol. The van der Waals surface area contributed by atoms with Gasteiger partial charge in [0.1, 0.15) is 11.5 Å². The Hall–Kier alpha value is -2.83. The third-order valence-electron chi connectivity index (χ3n) is 3.02. The van der Waals surface area contributed by atoms with Crippen LogP contribution in [0.1, 0.15) is 16.1 Å². The van der Waals surface area contributed by atoms with Gasteiger partial charge in [-0.2, -0.15) is 0 Å². The van der Waals surface area contributed by atoms with E-state index in [0.717, 1.165) is 5.56 Å². The van der Waals surface area contributed by atoms with Crippen LogP contribution < -0.4 is 14.8 Å². The average molecular weight is 303 g/mol. The minimum atomic E-state index is -0.544. The molecule has 0 spiro atoms. The summed E-state index contributed by atoms with van der Waals surface area (Å²) in [6.45, 7) is 0.413. The molecular weight excluding hydrogens is 286 g/mol. The largest absolute Gasteiger partial charge is 0.497 e. The number of hydrogen-bond acceptors (Lipinski definition) is 7. The molecule has 0 aliphatic carbocycles. The number of esters is 1. The maximum Gasteiger partial charge on any atom is 0.360 e. The van der Waals surface area contributed by atoms with Gasteiger partial charge in [-0.05, 0) is 12.1 Å². The molecule has 0 fully saturated rings. The highest BCUT2D eigenvalue weighted by Crippen LogP contribution is 2.25. The van der Waals surface area contributed by atoms with E-state index in [1.807, 2.05) is 12.1 Å². The fraction of sp³-hybridized carbons (Fsp3) is 0.267. The van der Waals surface area contributed by atoms with Crippen molar-refractivity contribution in [3.05, 3.63) is 41.9 Å². The van der Waals surface area contributed by atoms with Crippen molar-refractivity contribution in [2.75, 3.05) is 26.6 Å². The van der Waals surface area contributed by atoms with Gasteiger partial charge in [-0.25, -0.2) is 14.8 Å². The van der Waals surface area contributed by atoms with Gasteiger partial charge in [-0.15, -0.1) is 0 Å². The van der Waals surface area contributed by atoms with Crippen LogP contribution in [0.25, 0.3) is 0 Å². The van der Waals surface area contributed by atoms with Gasteiger partial charge in [0.15, 0.2) is 11.5 Å². The number of aromatic nitrogens is 2. The molecule has 0 saturated carbocycles. The normalized spacial score (nSPS) is 9.95. The maximum absolute atomic E-state index is 11.6. The van der Waals surface area contributed by atoms with Gasteiger partial charge in [-0.3, -0.25) is 0 Å². The van der Waals surface area contributed by atoms with Crippen molar-refractivity contribution in [1.29, 1.82) is 0 Å². The maximum atomic E-state index is 11.6. The second kappa shape index (κ2) is 7.26. The zero-order valence-corrected chi connectivity index (χ0v) is 12.6. The summed E-state index contributed by atoms with van der Waals surface area (Å²) in [6.07, 6.45) is 2.94. The summed E-state index contributed by atoms with van der Waals surface area (Å²) in [6, 6.07) is 5.49. The van der Waals surface area contributed by atoms with Gasteiger partial charge < -0.3 is 19.5 Å². The van der Waals surface area contributed by atoms with Gasteiger partial charge >= 0.3 is 5.97 Å². The van der Waals surface area contributed by atoms with Crippen LogP contribution >= 0.6 is 0 Å². The molecule has 1 aromatic carbocycles. The molecule has 0 amide bonds. The molecule has 0 radical (unpaired) electrons. The fourth-order valence-corrected chi connectivity index (χ4v) is 1.89. The molecule has 0 bridgehead atoms. The highest BCUT2D eigenvalue weighted by Gasteiger charge is 2.15. The molecule has 0 aliphatic rings. The number of carbonyl (C=O) groups is 1. The fourth-order valence-electron chi connectivity index (χ4n) is 1.89. The van der Waals surface area contributed by atoms with Crippen LogP contribution in [0.4, 0.5) is 5.82 Å². The van der Waals surface area contributed by atoms with Gasteiger partial charge in [-0.1, -0.05) is 0 Å². The Balaban J connectivity index is 2.19. The smallest absolute Gasteiger partial charge is 0.360 e. The Labute approximate surface area is 128 Å². The lowest BCUT2D eigenvalue weighted by Gasteiger charge is -2.12. The minimum absolute atomic E-state index is 0.137. The Morgan fingerprint density at radius 1 is 1.14 bits per heavy atom. The Bertz CT molecular complexity index is 661. The number of methoxy groups -OCH3 is 3. The van der Waals surface area contributed by atoms with Crippen molar-refractivity contribution < 1.29 is 19.0 Å². The molecule has 2 aromatic rings. The van der Waals surface area contributed by atoms with E-state index < -0.39 is 5.97 Å². The first-order chi connectivity index (χ1) is 10.7. The number of anilines is 1. The highest BCUT2D eigenvalue weighted by atomic mass is 16.5. The van der Waals surface area contributed by atoms with Crippen molar-refractivity contribution in [3.8, 4) is 11.5 Å². The van der Waals surface area contributed by atoms with E-state index in [-0.39, 0.29) is 5.69 Å². The summed E-state index contributed by atoms with van der Waals surface area (Å²) in [5.74, 6) is 1.19. The average Bonchev–Trinajstić information content (AvgIpc) is 2.59. The van der Waals surface area contributed by atoms with Crippen molar-refractivity contribution in [2.45, 2.75) is 6.54 Å². The quantitative estimate of drug-likeness (QED) is 0.816. The first kappa shape index (κ1) is 15.6. The Morgan fingerprint density at radius 2 is 1.91 bits per heavy atom. The van der Waals surface area contributed by atoms with E-state index in [9.17, 15) is 4.79 Å². The molecule has 0 aliphatic heterocycles. The Kier molecular flexibility index (Phi) is 5.13. The van der Waals surface area contributed by atoms with E-state index in [0.29, 0.717) is 23.9 Å². The van der Waals surface area contributed by atoms with Crippen LogP contribution in [0.3, 0.4) is 0 Å². The molecule has 0 saturated heterocycles. The third kappa shape index (κ3) is 3.43. The van der Waals surface area contributed by atoms with Crippen LogP contribution in [0.15, 0.2) is 30.6 Å². The summed E-state index contributed by atoms with van der Waals surface area (Å²) >= 11 is 0. The zero-order valence-electron chi connectivity index (χ0n) is 12.6. The van der Waals surface area contributed by atoms with E-state index in [1.165, 1.54) is 19.5 Å². The topological polar surface area (TPSA) is 82.6 Å². The molecule has 0 atom stereocenters. The van der Waals surface area contributed by atoms with Crippen LogP contribution in [0.2, 0.25) is 0 Å². The number of ether oxygens (including phenoxy) is 3. The monoisotopic (exact) mass is 303 g/mol. The van der Waals surface area contributed by atoms with Gasteiger partial charge in [0.2, 0.25) is 0 Å². The minimum Gasteiger partial charge on any atom is -0.497 e. The molecule has 2 rings (SSSR count). The SMILES string of the molecule is COC(=O)c1nccnc1NCc1ccc(OC)cc1OC. The lowest BCUT2D eigenvalue weighted by molar-refractivity contribution is 0.0594. The summed E-state index contributed by atoms with van der Waals surface area (Å²) in [5.41, 5.74) is 1.03. The predicted octanol–water partition coefficient (Wildman–Crippen LogP) is 1.89. The lowest BCUT2D eigenvalue weighted by atomic mass is 10.2. The number of nitrogens with one attached hydrogen (secondary N) is 1. The molecule has 1 aromatic heterocycles.